The summed E-state index contributed by atoms with van der Waals surface area (Å²) in [4.78, 5) is 9.38. The van der Waals surface area contributed by atoms with E-state index in [0.717, 1.165) is 62.8 Å². The number of hydrogen-bond donors (Lipinski definition) is 2. The summed E-state index contributed by atoms with van der Waals surface area (Å²) in [5, 5.41) is 13.1. The molecule has 0 aromatic heterocycles. The summed E-state index contributed by atoms with van der Waals surface area (Å²) in [6.45, 7) is 7.14. The number of nitrogens with zero attached hydrogens (tertiary/aromatic N) is 3. The van der Waals surface area contributed by atoms with Gasteiger partial charge in [-0.25, -0.2) is 4.99 Å². The zero-order valence-electron chi connectivity index (χ0n) is 19.5. The zero-order valence-corrected chi connectivity index (χ0v) is 21.8. The predicted octanol–water partition coefficient (Wildman–Crippen LogP) is 3.87. The quantitative estimate of drug-likeness (QED) is 0.296. The van der Waals surface area contributed by atoms with Gasteiger partial charge in [0, 0.05) is 45.3 Å². The van der Waals surface area contributed by atoms with Crippen LogP contribution in [0, 0.1) is 0 Å². The zero-order chi connectivity index (χ0) is 22.1. The van der Waals surface area contributed by atoms with Crippen LogP contribution in [-0.4, -0.2) is 60.8 Å². The summed E-state index contributed by atoms with van der Waals surface area (Å²) in [7, 11) is 3.75. The molecule has 0 bridgehead atoms. The maximum Gasteiger partial charge on any atom is 0.194 e. The first-order valence-corrected chi connectivity index (χ1v) is 11.2. The molecule has 0 spiro atoms. The predicted molar refractivity (Wildman–Crippen MR) is 142 cm³/mol. The third-order valence-electron chi connectivity index (χ3n) is 5.69. The number of aliphatic imine (C=N–C) groups is 1. The van der Waals surface area contributed by atoms with Crippen molar-refractivity contribution in [3.8, 4) is 5.75 Å². The monoisotopic (exact) mass is 552 g/mol. The molecule has 0 aliphatic carbocycles. The molecule has 1 saturated heterocycles. The van der Waals surface area contributed by atoms with Gasteiger partial charge in [-0.05, 0) is 37.0 Å². The Bertz CT molecular complexity index is 836. The van der Waals surface area contributed by atoms with Gasteiger partial charge in [-0.3, -0.25) is 4.90 Å². The molecule has 1 aliphatic heterocycles. The highest BCUT2D eigenvalue weighted by molar-refractivity contribution is 14.0. The lowest BCUT2D eigenvalue weighted by atomic mass is 10.1. The number of piperidine rings is 1. The lowest BCUT2D eigenvalue weighted by Gasteiger charge is -2.29. The number of rotatable bonds is 8. The average molecular weight is 553 g/mol. The molecule has 0 amide bonds. The topological polar surface area (TPSA) is 60.3 Å². The molecule has 3 rings (SSSR count). The molecule has 7 heteroatoms. The number of benzene rings is 2. The van der Waals surface area contributed by atoms with E-state index in [-0.39, 0.29) is 30.1 Å². The number of ether oxygens (including phenoxy) is 1. The Morgan fingerprint density at radius 2 is 1.78 bits per heavy atom. The Labute approximate surface area is 209 Å². The number of para-hydroxylation sites is 1. The van der Waals surface area contributed by atoms with Crippen molar-refractivity contribution in [3.05, 3.63) is 65.2 Å². The minimum atomic E-state index is -0.122. The van der Waals surface area contributed by atoms with Crippen LogP contribution in [0.5, 0.6) is 5.75 Å². The maximum atomic E-state index is 9.67. The van der Waals surface area contributed by atoms with E-state index < -0.39 is 0 Å². The summed E-state index contributed by atoms with van der Waals surface area (Å²) in [5.41, 5.74) is 3.64. The molecule has 32 heavy (non-hydrogen) atoms. The fraction of sp³-hybridized carbons (Fsp3) is 0.480. The van der Waals surface area contributed by atoms with Gasteiger partial charge in [-0.15, -0.1) is 24.0 Å². The summed E-state index contributed by atoms with van der Waals surface area (Å²) >= 11 is 0. The minimum Gasteiger partial charge on any atom is -0.496 e. The van der Waals surface area contributed by atoms with Gasteiger partial charge in [-0.2, -0.15) is 0 Å². The first-order chi connectivity index (χ1) is 15.1. The number of guanidine groups is 1. The third kappa shape index (κ3) is 7.94. The molecule has 2 N–H and O–H groups in total. The first kappa shape index (κ1) is 26.4. The van der Waals surface area contributed by atoms with Gasteiger partial charge in [0.1, 0.15) is 5.75 Å². The first-order valence-electron chi connectivity index (χ1n) is 11.2. The van der Waals surface area contributed by atoms with Gasteiger partial charge in [0.05, 0.1) is 19.8 Å². The standard InChI is InChI=1S/C25H36N4O2.HI/c1-4-26-25(28(2)19-22-7-5-6-8-24(22)31-3)27-17-20-9-11-21(12-10-20)18-29-15-13-23(30)14-16-29;/h5-12,23,30H,4,13-19H2,1-3H3,(H,26,27);1H. The van der Waals surface area contributed by atoms with Crippen LogP contribution in [0.3, 0.4) is 0 Å². The molecule has 0 radical (unpaired) electrons. The van der Waals surface area contributed by atoms with Crippen LogP contribution in [0.25, 0.3) is 0 Å². The van der Waals surface area contributed by atoms with Crippen molar-refractivity contribution in [1.29, 1.82) is 0 Å². The van der Waals surface area contributed by atoms with Crippen LogP contribution in [0.4, 0.5) is 0 Å². The third-order valence-corrected chi connectivity index (χ3v) is 5.69. The number of nitrogens with one attached hydrogen (secondary N) is 1. The number of likely N-dealkylation sites (tertiary alicyclic amines) is 1. The van der Waals surface area contributed by atoms with E-state index >= 15 is 0 Å². The van der Waals surface area contributed by atoms with Gasteiger partial charge >= 0.3 is 0 Å². The highest BCUT2D eigenvalue weighted by atomic mass is 127. The second-order valence-electron chi connectivity index (χ2n) is 8.16. The molecule has 1 heterocycles. The van der Waals surface area contributed by atoms with E-state index in [1.54, 1.807) is 7.11 Å². The summed E-state index contributed by atoms with van der Waals surface area (Å²) in [6, 6.07) is 16.8. The van der Waals surface area contributed by atoms with Gasteiger partial charge in [0.2, 0.25) is 0 Å². The Morgan fingerprint density at radius 1 is 1.12 bits per heavy atom. The molecular formula is C25H37IN4O2. The molecular weight excluding hydrogens is 515 g/mol. The van der Waals surface area contributed by atoms with Gasteiger partial charge in [0.15, 0.2) is 5.96 Å². The average Bonchev–Trinajstić information content (AvgIpc) is 2.79. The summed E-state index contributed by atoms with van der Waals surface area (Å²) in [6.07, 6.45) is 1.63. The van der Waals surface area contributed by atoms with Gasteiger partial charge < -0.3 is 20.1 Å². The van der Waals surface area contributed by atoms with E-state index in [2.05, 4.69) is 52.4 Å². The molecule has 6 nitrogen and oxygen atoms in total. The molecule has 2 aromatic carbocycles. The Hall–Kier alpha value is -1.84. The van der Waals surface area contributed by atoms with E-state index in [1.165, 1.54) is 11.1 Å². The van der Waals surface area contributed by atoms with E-state index in [4.69, 9.17) is 9.73 Å². The van der Waals surface area contributed by atoms with Crippen molar-refractivity contribution in [2.75, 3.05) is 33.8 Å². The fourth-order valence-electron chi connectivity index (χ4n) is 3.89. The number of aliphatic hydroxyl groups is 1. The molecule has 0 atom stereocenters. The fourth-order valence-corrected chi connectivity index (χ4v) is 3.89. The number of hydrogen-bond acceptors (Lipinski definition) is 4. The molecule has 1 aliphatic rings. The van der Waals surface area contributed by atoms with Crippen LogP contribution < -0.4 is 10.1 Å². The maximum absolute atomic E-state index is 9.67. The highest BCUT2D eigenvalue weighted by Crippen LogP contribution is 2.19. The minimum absolute atomic E-state index is 0. The SMILES string of the molecule is CCNC(=NCc1ccc(CN2CCC(O)CC2)cc1)N(C)Cc1ccccc1OC.I. The molecule has 1 fully saturated rings. The Morgan fingerprint density at radius 3 is 2.44 bits per heavy atom. The van der Waals surface area contributed by atoms with E-state index in [1.807, 2.05) is 25.2 Å². The second kappa shape index (κ2) is 13.6. The smallest absolute Gasteiger partial charge is 0.194 e. The lowest BCUT2D eigenvalue weighted by Crippen LogP contribution is -2.38. The van der Waals surface area contributed by atoms with Crippen molar-refractivity contribution in [3.63, 3.8) is 0 Å². The largest absolute Gasteiger partial charge is 0.496 e. The van der Waals surface area contributed by atoms with Crippen LogP contribution in [0.1, 0.15) is 36.5 Å². The Kier molecular flexibility index (Phi) is 11.3. The molecule has 0 unspecified atom stereocenters. The van der Waals surface area contributed by atoms with Crippen LogP contribution in [0.2, 0.25) is 0 Å². The van der Waals surface area contributed by atoms with Crippen molar-refractivity contribution in [2.24, 2.45) is 4.99 Å². The van der Waals surface area contributed by atoms with Crippen molar-refractivity contribution >= 4 is 29.9 Å². The Balaban J connectivity index is 0.00000363. The van der Waals surface area contributed by atoms with Crippen molar-refractivity contribution in [2.45, 2.75) is 45.5 Å². The number of methoxy groups -OCH3 is 1. The van der Waals surface area contributed by atoms with Gasteiger partial charge in [0.25, 0.3) is 0 Å². The van der Waals surface area contributed by atoms with Crippen LogP contribution >= 0.6 is 24.0 Å². The molecule has 0 saturated carbocycles. The van der Waals surface area contributed by atoms with E-state index in [0.29, 0.717) is 6.54 Å². The normalized spacial score (nSPS) is 15.2. The van der Waals surface area contributed by atoms with Crippen molar-refractivity contribution < 1.29 is 9.84 Å². The number of aliphatic hydroxyl groups excluding tert-OH is 1. The summed E-state index contributed by atoms with van der Waals surface area (Å²) in [5.74, 6) is 1.77. The molecule has 2 aromatic rings. The van der Waals surface area contributed by atoms with Crippen LogP contribution in [-0.2, 0) is 19.6 Å². The van der Waals surface area contributed by atoms with Crippen LogP contribution in [0.15, 0.2) is 53.5 Å². The van der Waals surface area contributed by atoms with Crippen molar-refractivity contribution in [1.82, 2.24) is 15.1 Å². The second-order valence-corrected chi connectivity index (χ2v) is 8.16. The number of halogens is 1. The van der Waals surface area contributed by atoms with Gasteiger partial charge in [-0.1, -0.05) is 42.5 Å². The lowest BCUT2D eigenvalue weighted by molar-refractivity contribution is 0.0792. The summed E-state index contributed by atoms with van der Waals surface area (Å²) < 4.78 is 5.48. The molecule has 176 valence electrons. The highest BCUT2D eigenvalue weighted by Gasteiger charge is 2.16. The van der Waals surface area contributed by atoms with E-state index in [9.17, 15) is 5.11 Å².